The standard InChI is InChI=1S/C10H12N2O3/c1-7-3-4-8(5-12-7)10(14)15-6-9(13)11-2/h3-5H,6H2,1-2H3,(H,11,13). The predicted molar refractivity (Wildman–Crippen MR) is 53.3 cm³/mol. The van der Waals surface area contributed by atoms with Crippen LogP contribution in [0.25, 0.3) is 0 Å². The topological polar surface area (TPSA) is 68.3 Å². The number of aromatic nitrogens is 1. The molecule has 0 saturated carbocycles. The van der Waals surface area contributed by atoms with Gasteiger partial charge in [-0.1, -0.05) is 0 Å². The summed E-state index contributed by atoms with van der Waals surface area (Å²) >= 11 is 0. The molecule has 1 aromatic rings. The van der Waals surface area contributed by atoms with E-state index in [1.807, 2.05) is 6.92 Å². The third-order valence-corrected chi connectivity index (χ3v) is 1.76. The quantitative estimate of drug-likeness (QED) is 0.725. The second-order valence-corrected chi connectivity index (χ2v) is 2.94. The first kappa shape index (κ1) is 11.2. The molecule has 0 spiro atoms. The minimum absolute atomic E-state index is 0.275. The Morgan fingerprint density at radius 3 is 2.73 bits per heavy atom. The molecule has 1 aromatic heterocycles. The maximum absolute atomic E-state index is 11.3. The van der Waals surface area contributed by atoms with Gasteiger partial charge < -0.3 is 10.1 Å². The number of esters is 1. The van der Waals surface area contributed by atoms with Crippen molar-refractivity contribution < 1.29 is 14.3 Å². The van der Waals surface area contributed by atoms with Crippen molar-refractivity contribution in [3.05, 3.63) is 29.6 Å². The van der Waals surface area contributed by atoms with Crippen LogP contribution < -0.4 is 5.32 Å². The average molecular weight is 208 g/mol. The van der Waals surface area contributed by atoms with Crippen LogP contribution in [0.2, 0.25) is 0 Å². The Balaban J connectivity index is 2.54. The molecule has 0 fully saturated rings. The Morgan fingerprint density at radius 2 is 2.20 bits per heavy atom. The Hall–Kier alpha value is -1.91. The fraction of sp³-hybridized carbons (Fsp3) is 0.300. The number of hydrogen-bond acceptors (Lipinski definition) is 4. The molecular weight excluding hydrogens is 196 g/mol. The molecule has 0 aliphatic carbocycles. The van der Waals surface area contributed by atoms with E-state index >= 15 is 0 Å². The zero-order chi connectivity index (χ0) is 11.3. The third-order valence-electron chi connectivity index (χ3n) is 1.76. The van der Waals surface area contributed by atoms with E-state index in [0.717, 1.165) is 5.69 Å². The molecule has 80 valence electrons. The number of carbonyl (C=O) groups is 2. The molecular formula is C10H12N2O3. The van der Waals surface area contributed by atoms with Gasteiger partial charge in [-0.2, -0.15) is 0 Å². The zero-order valence-electron chi connectivity index (χ0n) is 8.61. The summed E-state index contributed by atoms with van der Waals surface area (Å²) < 4.78 is 4.73. The Morgan fingerprint density at radius 1 is 1.47 bits per heavy atom. The molecule has 1 N–H and O–H groups in total. The Labute approximate surface area is 87.5 Å². The van der Waals surface area contributed by atoms with Gasteiger partial charge >= 0.3 is 5.97 Å². The molecule has 1 amide bonds. The van der Waals surface area contributed by atoms with Crippen molar-refractivity contribution in [1.29, 1.82) is 0 Å². The largest absolute Gasteiger partial charge is 0.452 e. The third kappa shape index (κ3) is 3.38. The average Bonchev–Trinajstić information content (AvgIpc) is 2.26. The van der Waals surface area contributed by atoms with E-state index in [9.17, 15) is 9.59 Å². The van der Waals surface area contributed by atoms with Crippen molar-refractivity contribution >= 4 is 11.9 Å². The van der Waals surface area contributed by atoms with Crippen LogP contribution in [0.1, 0.15) is 16.1 Å². The molecule has 1 heterocycles. The maximum Gasteiger partial charge on any atom is 0.340 e. The van der Waals surface area contributed by atoms with Crippen LogP contribution >= 0.6 is 0 Å². The minimum Gasteiger partial charge on any atom is -0.452 e. The second-order valence-electron chi connectivity index (χ2n) is 2.94. The summed E-state index contributed by atoms with van der Waals surface area (Å²) in [4.78, 5) is 26.1. The van der Waals surface area contributed by atoms with Crippen molar-refractivity contribution in [3.8, 4) is 0 Å². The summed E-state index contributed by atoms with van der Waals surface area (Å²) in [7, 11) is 1.48. The lowest BCUT2D eigenvalue weighted by Gasteiger charge is -2.03. The first-order chi connectivity index (χ1) is 7.13. The number of likely N-dealkylation sites (N-methyl/N-ethyl adjacent to an activating group) is 1. The predicted octanol–water partition coefficient (Wildman–Crippen LogP) is 0.293. The van der Waals surface area contributed by atoms with E-state index in [-0.39, 0.29) is 12.5 Å². The molecule has 0 radical (unpaired) electrons. The van der Waals surface area contributed by atoms with E-state index in [4.69, 9.17) is 4.74 Å². The van der Waals surface area contributed by atoms with Crippen LogP contribution in [-0.2, 0) is 9.53 Å². The molecule has 1 rings (SSSR count). The van der Waals surface area contributed by atoms with Gasteiger partial charge in [0.05, 0.1) is 5.56 Å². The number of amides is 1. The van der Waals surface area contributed by atoms with Crippen LogP contribution in [0.5, 0.6) is 0 Å². The van der Waals surface area contributed by atoms with E-state index in [2.05, 4.69) is 10.3 Å². The van der Waals surface area contributed by atoms with Crippen molar-refractivity contribution in [3.63, 3.8) is 0 Å². The van der Waals surface area contributed by atoms with Crippen LogP contribution in [-0.4, -0.2) is 30.5 Å². The van der Waals surface area contributed by atoms with Gasteiger partial charge in [0.1, 0.15) is 0 Å². The Kier molecular flexibility index (Phi) is 3.79. The molecule has 0 atom stereocenters. The van der Waals surface area contributed by atoms with Gasteiger partial charge in [0, 0.05) is 18.9 Å². The summed E-state index contributed by atoms with van der Waals surface area (Å²) in [5.41, 5.74) is 1.15. The molecule has 0 unspecified atom stereocenters. The monoisotopic (exact) mass is 208 g/mol. The molecule has 5 nitrogen and oxygen atoms in total. The molecule has 0 aliphatic heterocycles. The summed E-state index contributed by atoms with van der Waals surface area (Å²) in [6, 6.07) is 3.31. The maximum atomic E-state index is 11.3. The number of ether oxygens (including phenoxy) is 1. The molecule has 0 bridgehead atoms. The molecule has 0 aliphatic rings. The van der Waals surface area contributed by atoms with Gasteiger partial charge in [-0.3, -0.25) is 9.78 Å². The fourth-order valence-electron chi connectivity index (χ4n) is 0.875. The summed E-state index contributed by atoms with van der Waals surface area (Å²) in [5.74, 6) is -0.894. The van der Waals surface area contributed by atoms with E-state index in [0.29, 0.717) is 5.56 Å². The van der Waals surface area contributed by atoms with Crippen molar-refractivity contribution in [2.75, 3.05) is 13.7 Å². The zero-order valence-corrected chi connectivity index (χ0v) is 8.61. The number of aryl methyl sites for hydroxylation is 1. The summed E-state index contributed by atoms with van der Waals surface area (Å²) in [6.07, 6.45) is 1.42. The van der Waals surface area contributed by atoms with Gasteiger partial charge in [0.2, 0.25) is 0 Å². The smallest absolute Gasteiger partial charge is 0.340 e. The number of nitrogens with one attached hydrogen (secondary N) is 1. The Bertz CT molecular complexity index is 359. The SMILES string of the molecule is CNC(=O)COC(=O)c1ccc(C)nc1. The van der Waals surface area contributed by atoms with Gasteiger partial charge in [-0.25, -0.2) is 4.79 Å². The van der Waals surface area contributed by atoms with Crippen LogP contribution in [0.4, 0.5) is 0 Å². The van der Waals surface area contributed by atoms with Crippen molar-refractivity contribution in [2.45, 2.75) is 6.92 Å². The highest BCUT2D eigenvalue weighted by molar-refractivity contribution is 5.90. The van der Waals surface area contributed by atoms with Crippen molar-refractivity contribution in [1.82, 2.24) is 10.3 Å². The number of hydrogen-bond donors (Lipinski definition) is 1. The second kappa shape index (κ2) is 5.09. The number of pyridine rings is 1. The van der Waals surface area contributed by atoms with Crippen molar-refractivity contribution in [2.24, 2.45) is 0 Å². The first-order valence-electron chi connectivity index (χ1n) is 4.44. The van der Waals surface area contributed by atoms with E-state index in [1.54, 1.807) is 12.1 Å². The lowest BCUT2D eigenvalue weighted by atomic mass is 10.2. The lowest BCUT2D eigenvalue weighted by molar-refractivity contribution is -0.123. The highest BCUT2D eigenvalue weighted by atomic mass is 16.5. The van der Waals surface area contributed by atoms with Crippen LogP contribution in [0.3, 0.4) is 0 Å². The number of carbonyl (C=O) groups excluding carboxylic acids is 2. The van der Waals surface area contributed by atoms with Crippen LogP contribution in [0.15, 0.2) is 18.3 Å². The molecule has 15 heavy (non-hydrogen) atoms. The first-order valence-corrected chi connectivity index (χ1v) is 4.44. The van der Waals surface area contributed by atoms with Crippen LogP contribution in [0, 0.1) is 6.92 Å². The van der Waals surface area contributed by atoms with E-state index in [1.165, 1.54) is 13.2 Å². The minimum atomic E-state index is -0.550. The van der Waals surface area contributed by atoms with Gasteiger partial charge in [-0.05, 0) is 19.1 Å². The highest BCUT2D eigenvalue weighted by Gasteiger charge is 2.08. The van der Waals surface area contributed by atoms with Gasteiger partial charge in [0.25, 0.3) is 5.91 Å². The number of nitrogens with zero attached hydrogens (tertiary/aromatic N) is 1. The summed E-state index contributed by atoms with van der Waals surface area (Å²) in [6.45, 7) is 1.54. The molecule has 0 aromatic carbocycles. The lowest BCUT2D eigenvalue weighted by Crippen LogP contribution is -2.25. The van der Waals surface area contributed by atoms with Gasteiger partial charge in [0.15, 0.2) is 6.61 Å². The normalized spacial score (nSPS) is 9.47. The molecule has 5 heteroatoms. The summed E-state index contributed by atoms with van der Waals surface area (Å²) in [5, 5.41) is 2.35. The fourth-order valence-corrected chi connectivity index (χ4v) is 0.875. The highest BCUT2D eigenvalue weighted by Crippen LogP contribution is 2.01. The molecule has 0 saturated heterocycles. The van der Waals surface area contributed by atoms with Gasteiger partial charge in [-0.15, -0.1) is 0 Å². The number of rotatable bonds is 3. The van der Waals surface area contributed by atoms with E-state index < -0.39 is 5.97 Å².